The van der Waals surface area contributed by atoms with Gasteiger partial charge < -0.3 is 44.0 Å². The van der Waals surface area contributed by atoms with Crippen molar-refractivity contribution in [2.45, 2.75) is 32.7 Å². The molecule has 0 saturated heterocycles. The molecular weight excluding hydrogens is 920 g/mol. The SMILES string of the molecule is Clc1nc(NCc2ccncn2)c2c(Cl)c[nH]c2n1.FCCn1cc(Cl)c2c(NCc3ccco3)nc(Cl)nc21.OCCn1cc(Cl)c2c(NCc3ccco3)nc(Cl)nc21. The first-order valence-electron chi connectivity index (χ1n) is 17.9. The Balaban J connectivity index is 0.000000138. The number of aromatic nitrogens is 11. The fraction of sp³-hybridized carbons (Fsp3) is 0.189. The summed E-state index contributed by atoms with van der Waals surface area (Å²) >= 11 is 36.3. The number of nitrogens with zero attached hydrogens (tertiary/aromatic N) is 10. The topological polar surface area (TPSA) is 211 Å². The van der Waals surface area contributed by atoms with E-state index < -0.39 is 6.67 Å². The highest BCUT2D eigenvalue weighted by molar-refractivity contribution is 6.38. The van der Waals surface area contributed by atoms with Crippen LogP contribution in [0.15, 0.2) is 82.8 Å². The lowest BCUT2D eigenvalue weighted by Crippen LogP contribution is -2.05. The van der Waals surface area contributed by atoms with E-state index in [2.05, 4.69) is 60.8 Å². The Hall–Kier alpha value is -5.47. The van der Waals surface area contributed by atoms with Crippen LogP contribution < -0.4 is 16.0 Å². The third-order valence-corrected chi connectivity index (χ3v) is 9.89. The normalized spacial score (nSPS) is 11.1. The quantitative estimate of drug-likeness (QED) is 0.0682. The van der Waals surface area contributed by atoms with E-state index in [1.165, 1.54) is 6.33 Å². The van der Waals surface area contributed by atoms with Crippen LogP contribution >= 0.6 is 69.6 Å². The first-order chi connectivity index (χ1) is 29.6. The van der Waals surface area contributed by atoms with Crippen LogP contribution in [0.5, 0.6) is 0 Å². The van der Waals surface area contributed by atoms with Crippen molar-refractivity contribution in [3.8, 4) is 0 Å². The maximum absolute atomic E-state index is 12.6. The second-order valence-electron chi connectivity index (χ2n) is 12.5. The largest absolute Gasteiger partial charge is 0.467 e. The van der Waals surface area contributed by atoms with Gasteiger partial charge in [0.15, 0.2) is 0 Å². The molecule has 316 valence electrons. The molecule has 61 heavy (non-hydrogen) atoms. The minimum Gasteiger partial charge on any atom is -0.467 e. The molecule has 0 aromatic carbocycles. The molecule has 0 aliphatic rings. The van der Waals surface area contributed by atoms with E-state index in [-0.39, 0.29) is 29.0 Å². The van der Waals surface area contributed by atoms with Crippen LogP contribution in [0.3, 0.4) is 0 Å². The van der Waals surface area contributed by atoms with Gasteiger partial charge in [-0.25, -0.2) is 14.4 Å². The number of alkyl halides is 1. The lowest BCUT2D eigenvalue weighted by molar-refractivity contribution is 0.278. The fourth-order valence-electron chi connectivity index (χ4n) is 5.88. The lowest BCUT2D eigenvalue weighted by Gasteiger charge is -2.07. The van der Waals surface area contributed by atoms with Gasteiger partial charge in [0, 0.05) is 31.3 Å². The number of fused-ring (bicyclic) bond motifs is 3. The minimum atomic E-state index is -0.517. The molecule has 9 rings (SSSR count). The van der Waals surface area contributed by atoms with E-state index in [1.807, 2.05) is 24.3 Å². The highest BCUT2D eigenvalue weighted by Gasteiger charge is 2.18. The Morgan fingerprint density at radius 3 is 1.70 bits per heavy atom. The summed E-state index contributed by atoms with van der Waals surface area (Å²) in [5.41, 5.74) is 2.51. The number of furan rings is 2. The second-order valence-corrected chi connectivity index (χ2v) is 14.7. The average Bonchev–Trinajstić information content (AvgIpc) is 4.11. The number of aliphatic hydroxyl groups is 1. The van der Waals surface area contributed by atoms with E-state index in [4.69, 9.17) is 83.5 Å². The van der Waals surface area contributed by atoms with Crippen molar-refractivity contribution >= 4 is 120 Å². The molecule has 17 nitrogen and oxygen atoms in total. The number of H-pyrrole nitrogens is 1. The van der Waals surface area contributed by atoms with E-state index in [1.54, 1.807) is 52.5 Å². The summed E-state index contributed by atoms with van der Waals surface area (Å²) in [5, 5.41) is 22.3. The van der Waals surface area contributed by atoms with Gasteiger partial charge in [-0.15, -0.1) is 0 Å². The predicted octanol–water partition coefficient (Wildman–Crippen LogP) is 9.51. The summed E-state index contributed by atoms with van der Waals surface area (Å²) in [7, 11) is 0. The highest BCUT2D eigenvalue weighted by atomic mass is 35.5. The molecule has 0 radical (unpaired) electrons. The number of aromatic amines is 1. The Labute approximate surface area is 374 Å². The van der Waals surface area contributed by atoms with Gasteiger partial charge in [-0.1, -0.05) is 34.8 Å². The van der Waals surface area contributed by atoms with Crippen molar-refractivity contribution in [1.82, 2.24) is 54.0 Å². The molecule has 0 aliphatic carbocycles. The van der Waals surface area contributed by atoms with Gasteiger partial charge in [-0.3, -0.25) is 0 Å². The van der Waals surface area contributed by atoms with Crippen LogP contribution in [0, 0.1) is 0 Å². The molecule has 9 heterocycles. The van der Waals surface area contributed by atoms with Crippen molar-refractivity contribution in [3.05, 3.63) is 122 Å². The average molecular weight is 951 g/mol. The standard InChI is InChI=1S/C13H11Cl2FN4O.C13H12Cl2N4O2.C11H8Cl2N6/c14-9-7-20(4-3-16)12-10(9)11(18-13(15)19-12)17-6-8-2-1-5-21-8;14-9-7-19(3-4-20)12-10(9)11(17-13(15)18-12)16-6-8-2-1-5-21-8;12-7-4-16-10-8(7)9(18-11(13)19-10)15-3-6-1-2-14-5-17-6/h1-2,5,7H,3-4,6H2,(H,17,18,19);1-2,5,7,20H,3-4,6H2,(H,16,17,18);1-2,4-5H,3H2,(H2,15,16,18,19). The Morgan fingerprint density at radius 1 is 0.656 bits per heavy atom. The minimum absolute atomic E-state index is 0.0170. The lowest BCUT2D eigenvalue weighted by atomic mass is 10.3. The number of hydrogen-bond donors (Lipinski definition) is 5. The number of nitrogens with one attached hydrogen (secondary N) is 4. The molecule has 24 heteroatoms. The van der Waals surface area contributed by atoms with Gasteiger partial charge in [0.05, 0.1) is 82.2 Å². The first-order valence-corrected chi connectivity index (χ1v) is 20.2. The zero-order chi connectivity index (χ0) is 42.9. The summed E-state index contributed by atoms with van der Waals surface area (Å²) in [5.74, 6) is 3.10. The van der Waals surface area contributed by atoms with Crippen LogP contribution in [-0.4, -0.2) is 72.4 Å². The van der Waals surface area contributed by atoms with E-state index in [0.29, 0.717) is 91.8 Å². The molecule has 0 atom stereocenters. The van der Waals surface area contributed by atoms with Gasteiger partial charge in [0.25, 0.3) is 0 Å². The van der Waals surface area contributed by atoms with E-state index in [9.17, 15) is 4.39 Å². The van der Waals surface area contributed by atoms with Crippen molar-refractivity contribution in [2.24, 2.45) is 0 Å². The van der Waals surface area contributed by atoms with Crippen LogP contribution in [0.25, 0.3) is 33.1 Å². The molecule has 0 amide bonds. The molecule has 0 saturated carbocycles. The monoisotopic (exact) mass is 948 g/mol. The number of anilines is 3. The number of aryl methyl sites for hydroxylation is 1. The summed E-state index contributed by atoms with van der Waals surface area (Å²) in [6, 6.07) is 9.11. The molecule has 0 unspecified atom stereocenters. The van der Waals surface area contributed by atoms with Gasteiger partial charge in [0.1, 0.15) is 58.9 Å². The third-order valence-electron chi connectivity index (χ3n) is 8.51. The van der Waals surface area contributed by atoms with Gasteiger partial charge in [0.2, 0.25) is 15.9 Å². The number of halogens is 7. The smallest absolute Gasteiger partial charge is 0.226 e. The number of rotatable bonds is 13. The van der Waals surface area contributed by atoms with E-state index in [0.717, 1.165) is 17.2 Å². The van der Waals surface area contributed by atoms with Crippen molar-refractivity contribution < 1.29 is 18.3 Å². The maximum atomic E-state index is 12.6. The summed E-state index contributed by atoms with van der Waals surface area (Å²) in [4.78, 5) is 35.7. The molecule has 0 fully saturated rings. The van der Waals surface area contributed by atoms with Gasteiger partial charge >= 0.3 is 0 Å². The molecule has 0 bridgehead atoms. The Bertz CT molecular complexity index is 2710. The van der Waals surface area contributed by atoms with Gasteiger partial charge in [-0.2, -0.15) is 29.9 Å². The molecule has 9 aromatic rings. The number of hydrogen-bond acceptors (Lipinski definition) is 14. The van der Waals surface area contributed by atoms with Crippen LogP contribution in [0.1, 0.15) is 17.2 Å². The predicted molar refractivity (Wildman–Crippen MR) is 233 cm³/mol. The highest BCUT2D eigenvalue weighted by Crippen LogP contribution is 2.33. The summed E-state index contributed by atoms with van der Waals surface area (Å²) < 4.78 is 26.4. The molecule has 9 aromatic heterocycles. The van der Waals surface area contributed by atoms with Crippen molar-refractivity contribution in [3.63, 3.8) is 0 Å². The van der Waals surface area contributed by atoms with Crippen LogP contribution in [0.4, 0.5) is 21.8 Å². The Morgan fingerprint density at radius 2 is 1.20 bits per heavy atom. The summed E-state index contributed by atoms with van der Waals surface area (Å²) in [6.07, 6.45) is 11.3. The fourth-order valence-corrected chi connectivity index (χ4v) is 7.20. The second kappa shape index (κ2) is 20.4. The molecular formula is C37H31Cl6FN14O3. The summed E-state index contributed by atoms with van der Waals surface area (Å²) in [6.45, 7) is 1.39. The van der Waals surface area contributed by atoms with Crippen LogP contribution in [0.2, 0.25) is 30.9 Å². The van der Waals surface area contributed by atoms with Crippen molar-refractivity contribution in [2.75, 3.05) is 29.2 Å². The molecule has 0 spiro atoms. The molecule has 0 aliphatic heterocycles. The third kappa shape index (κ3) is 10.7. The van der Waals surface area contributed by atoms with E-state index >= 15 is 0 Å². The van der Waals surface area contributed by atoms with Crippen molar-refractivity contribution in [1.29, 1.82) is 0 Å². The number of aliphatic hydroxyl groups excluding tert-OH is 1. The maximum Gasteiger partial charge on any atom is 0.226 e. The van der Waals surface area contributed by atoms with Crippen LogP contribution in [-0.2, 0) is 32.7 Å². The molecule has 5 N–H and O–H groups in total. The Kier molecular flexibility index (Phi) is 14.6. The zero-order valence-electron chi connectivity index (χ0n) is 31.3. The zero-order valence-corrected chi connectivity index (χ0v) is 35.8. The first kappa shape index (κ1) is 43.6. The van der Waals surface area contributed by atoms with Gasteiger partial charge in [-0.05, 0) is 65.1 Å².